The van der Waals surface area contributed by atoms with Crippen LogP contribution in [0.15, 0.2) is 83.3 Å². The van der Waals surface area contributed by atoms with Crippen LogP contribution in [0.5, 0.6) is 0 Å². The number of amides is 4. The number of aryl methyl sites for hydroxylation is 3. The van der Waals surface area contributed by atoms with Gasteiger partial charge < -0.3 is 30.5 Å². The standard InChI is InChI=1S/C55H63ClN10O5S2/c1-30-33(4)73-54-47(30)48(37-16-18-39(56)19-17-37)60-43(51-63-62-34(5)66(51)54)26-46(68)59-40-22-23-64(27-40)41-20-10-35(11-21-41)24-45(67)61-50(55(6,7)8)53(70)65-28-42(71-9)25-44(65)52(69)58-31(2)36-12-14-38(15-13-36)49-32(3)57-29-72-49/h10-21,29,31,40,42-44,50H,22-28H2,1-9H3,(H,58,69)(H,59,68)(H,61,67)/t31-,40+,42+,43-,44-,50+/m0/s1. The number of fused-ring (bicyclic) bond motifs is 3. The molecule has 15 nitrogen and oxygen atoms in total. The molecular formula is C55H63ClN10O5S2. The van der Waals surface area contributed by atoms with Crippen molar-refractivity contribution in [3.63, 3.8) is 0 Å². The number of hydrogen-bond donors (Lipinski definition) is 3. The van der Waals surface area contributed by atoms with Gasteiger partial charge >= 0.3 is 0 Å². The molecule has 0 aliphatic carbocycles. The number of rotatable bonds is 14. The monoisotopic (exact) mass is 1040 g/mol. The Morgan fingerprint density at radius 1 is 0.890 bits per heavy atom. The highest BCUT2D eigenvalue weighted by Gasteiger charge is 2.45. The number of aliphatic imine (C=N–C) groups is 1. The number of carbonyl (C=O) groups is 4. The number of benzene rings is 3. The summed E-state index contributed by atoms with van der Waals surface area (Å²) >= 11 is 9.56. The van der Waals surface area contributed by atoms with Gasteiger partial charge in [0.15, 0.2) is 5.82 Å². The molecule has 0 radical (unpaired) electrons. The molecule has 3 aromatic heterocycles. The summed E-state index contributed by atoms with van der Waals surface area (Å²) in [7, 11) is 1.59. The first kappa shape index (κ1) is 51.6. The van der Waals surface area contributed by atoms with E-state index in [2.05, 4.69) is 54.4 Å². The summed E-state index contributed by atoms with van der Waals surface area (Å²) in [6.45, 7) is 17.4. The topological polar surface area (TPSA) is 176 Å². The number of hydrogen-bond acceptors (Lipinski definition) is 12. The third-order valence-corrected chi connectivity index (χ3v) is 16.8. The molecule has 4 amide bonds. The molecule has 9 rings (SSSR count). The average molecular weight is 1040 g/mol. The fourth-order valence-corrected chi connectivity index (χ4v) is 12.3. The largest absolute Gasteiger partial charge is 0.380 e. The maximum Gasteiger partial charge on any atom is 0.246 e. The highest BCUT2D eigenvalue weighted by molar-refractivity contribution is 7.15. The van der Waals surface area contributed by atoms with E-state index in [0.29, 0.717) is 23.8 Å². The summed E-state index contributed by atoms with van der Waals surface area (Å²) in [6.07, 6.45) is 0.935. The van der Waals surface area contributed by atoms with E-state index in [1.165, 1.54) is 4.88 Å². The maximum atomic E-state index is 14.5. The fraction of sp³-hybridized carbons (Fsp3) is 0.418. The maximum absolute atomic E-state index is 14.5. The SMILES string of the molecule is CO[C@@H]1C[C@@H](C(=O)N[C@@H](C)c2ccc(-c3scnc3C)cc2)N(C(=O)[C@@H](NC(=O)Cc2ccc(N3CC[C@@H](NC(=O)C[C@@H]4N=C(c5ccc(Cl)cc5)c5c(sc(C)c5C)-n5c(C)nnc54)C3)cc2)C(C)(C)C)C1. The van der Waals surface area contributed by atoms with Crippen LogP contribution in [-0.2, 0) is 30.3 Å². The van der Waals surface area contributed by atoms with Crippen molar-refractivity contribution in [1.82, 2.24) is 40.6 Å². The Morgan fingerprint density at radius 3 is 2.27 bits per heavy atom. The van der Waals surface area contributed by atoms with Gasteiger partial charge in [-0.15, -0.1) is 32.9 Å². The quantitative estimate of drug-likeness (QED) is 0.0965. The molecule has 382 valence electrons. The van der Waals surface area contributed by atoms with Crippen molar-refractivity contribution >= 4 is 69.3 Å². The average Bonchev–Trinajstić information content (AvgIpc) is 4.21. The normalized spacial score (nSPS) is 19.4. The lowest BCUT2D eigenvalue weighted by Gasteiger charge is -2.35. The van der Waals surface area contributed by atoms with Gasteiger partial charge in [0, 0.05) is 65.9 Å². The molecule has 3 aliphatic rings. The Kier molecular flexibility index (Phi) is 15.1. The summed E-state index contributed by atoms with van der Waals surface area (Å²) in [6, 6.07) is 20.9. The van der Waals surface area contributed by atoms with Crippen LogP contribution in [0.1, 0.15) is 109 Å². The first-order valence-electron chi connectivity index (χ1n) is 24.8. The zero-order valence-corrected chi connectivity index (χ0v) is 45.2. The van der Waals surface area contributed by atoms with Crippen LogP contribution in [0.25, 0.3) is 15.4 Å². The second-order valence-corrected chi connectivity index (χ2v) is 23.0. The van der Waals surface area contributed by atoms with Crippen LogP contribution in [0.3, 0.4) is 0 Å². The van der Waals surface area contributed by atoms with Gasteiger partial charge in [-0.3, -0.25) is 28.7 Å². The van der Waals surface area contributed by atoms with Crippen LogP contribution in [0, 0.1) is 33.1 Å². The number of carbonyl (C=O) groups excluding carboxylic acids is 4. The van der Waals surface area contributed by atoms with Gasteiger partial charge in [-0.05, 0) is 93.0 Å². The van der Waals surface area contributed by atoms with Crippen LogP contribution in [-0.4, -0.2) is 105 Å². The summed E-state index contributed by atoms with van der Waals surface area (Å²) in [5.41, 5.74) is 9.78. The van der Waals surface area contributed by atoms with Crippen LogP contribution >= 0.6 is 34.3 Å². The predicted molar refractivity (Wildman–Crippen MR) is 288 cm³/mol. The first-order chi connectivity index (χ1) is 34.9. The Labute approximate surface area is 439 Å². The van der Waals surface area contributed by atoms with Crippen LogP contribution in [0.4, 0.5) is 5.69 Å². The molecular weight excluding hydrogens is 980 g/mol. The zero-order valence-electron chi connectivity index (χ0n) is 42.8. The van der Waals surface area contributed by atoms with Gasteiger partial charge in [0.05, 0.1) is 46.8 Å². The number of ether oxygens (including phenoxy) is 1. The minimum atomic E-state index is -0.897. The molecule has 6 atom stereocenters. The van der Waals surface area contributed by atoms with E-state index in [-0.39, 0.29) is 61.2 Å². The molecule has 0 unspecified atom stereocenters. The van der Waals surface area contributed by atoms with Gasteiger partial charge in [-0.25, -0.2) is 4.98 Å². The molecule has 18 heteroatoms. The smallest absolute Gasteiger partial charge is 0.246 e. The van der Waals surface area contributed by atoms with Crippen molar-refractivity contribution in [2.24, 2.45) is 10.4 Å². The molecule has 0 bridgehead atoms. The third-order valence-electron chi connectivity index (χ3n) is 14.3. The number of aromatic nitrogens is 4. The van der Waals surface area contributed by atoms with E-state index in [0.717, 1.165) is 79.1 Å². The minimum Gasteiger partial charge on any atom is -0.380 e. The number of anilines is 1. The molecule has 0 spiro atoms. The molecule has 73 heavy (non-hydrogen) atoms. The molecule has 3 aromatic carbocycles. The second kappa shape index (κ2) is 21.3. The van der Waals surface area contributed by atoms with E-state index in [9.17, 15) is 19.2 Å². The van der Waals surface area contributed by atoms with E-state index in [1.807, 2.05) is 120 Å². The van der Waals surface area contributed by atoms with Crippen molar-refractivity contribution in [3.8, 4) is 15.4 Å². The lowest BCUT2D eigenvalue weighted by molar-refractivity contribution is -0.144. The van der Waals surface area contributed by atoms with E-state index in [1.54, 1.807) is 34.7 Å². The Morgan fingerprint density at radius 2 is 1.60 bits per heavy atom. The number of halogens is 1. The first-order valence-corrected chi connectivity index (χ1v) is 26.9. The number of methoxy groups -OCH3 is 1. The van der Waals surface area contributed by atoms with Crippen molar-refractivity contribution in [3.05, 3.63) is 133 Å². The molecule has 6 aromatic rings. The van der Waals surface area contributed by atoms with E-state index >= 15 is 0 Å². The fourth-order valence-electron chi connectivity index (χ4n) is 10.1. The van der Waals surface area contributed by atoms with Crippen molar-refractivity contribution < 1.29 is 23.9 Å². The summed E-state index contributed by atoms with van der Waals surface area (Å²) < 4.78 is 7.74. The highest BCUT2D eigenvalue weighted by Crippen LogP contribution is 2.40. The Balaban J connectivity index is 0.806. The predicted octanol–water partition coefficient (Wildman–Crippen LogP) is 8.58. The van der Waals surface area contributed by atoms with Crippen LogP contribution < -0.4 is 20.9 Å². The molecule has 0 saturated carbocycles. The zero-order chi connectivity index (χ0) is 51.9. The van der Waals surface area contributed by atoms with Crippen molar-refractivity contribution in [2.75, 3.05) is 31.6 Å². The van der Waals surface area contributed by atoms with Gasteiger partial charge in [-0.2, -0.15) is 0 Å². The number of nitrogens with zero attached hydrogens (tertiary/aromatic N) is 7. The number of thiazole rings is 1. The summed E-state index contributed by atoms with van der Waals surface area (Å²) in [5, 5.41) is 20.1. The number of likely N-dealkylation sites (tertiary alicyclic amines) is 1. The van der Waals surface area contributed by atoms with E-state index in [4.69, 9.17) is 21.3 Å². The van der Waals surface area contributed by atoms with Gasteiger partial charge in [0.25, 0.3) is 0 Å². The van der Waals surface area contributed by atoms with Crippen molar-refractivity contribution in [2.45, 2.75) is 117 Å². The number of thiophene rings is 1. The molecule has 3 N–H and O–H groups in total. The molecule has 3 aliphatic heterocycles. The minimum absolute atomic E-state index is 0.0611. The van der Waals surface area contributed by atoms with Gasteiger partial charge in [0.1, 0.15) is 29.0 Å². The molecule has 2 saturated heterocycles. The van der Waals surface area contributed by atoms with Gasteiger partial charge in [-0.1, -0.05) is 80.9 Å². The lowest BCUT2D eigenvalue weighted by atomic mass is 9.85. The number of nitrogens with one attached hydrogen (secondary N) is 3. The summed E-state index contributed by atoms with van der Waals surface area (Å²) in [5.74, 6) is 0.353. The molecule has 6 heterocycles. The Hall–Kier alpha value is -6.27. The Bertz CT molecular complexity index is 3050. The molecule has 2 fully saturated rings. The van der Waals surface area contributed by atoms with Gasteiger partial charge in [0.2, 0.25) is 23.6 Å². The third kappa shape index (κ3) is 11.0. The summed E-state index contributed by atoms with van der Waals surface area (Å²) in [4.78, 5) is 71.9. The lowest BCUT2D eigenvalue weighted by Crippen LogP contribution is -2.58. The van der Waals surface area contributed by atoms with Crippen molar-refractivity contribution in [1.29, 1.82) is 0 Å². The highest BCUT2D eigenvalue weighted by atomic mass is 35.5. The van der Waals surface area contributed by atoms with Crippen LogP contribution in [0.2, 0.25) is 5.02 Å². The van der Waals surface area contributed by atoms with E-state index < -0.39 is 23.5 Å². The second-order valence-electron chi connectivity index (χ2n) is 20.5.